The zero-order chi connectivity index (χ0) is 11.3. The van der Waals surface area contributed by atoms with Gasteiger partial charge in [0.25, 0.3) is 0 Å². The van der Waals surface area contributed by atoms with E-state index < -0.39 is 0 Å². The molecule has 0 radical (unpaired) electrons. The van der Waals surface area contributed by atoms with E-state index in [1.165, 1.54) is 0 Å². The van der Waals surface area contributed by atoms with Crippen molar-refractivity contribution in [2.24, 2.45) is 0 Å². The summed E-state index contributed by atoms with van der Waals surface area (Å²) in [6.07, 6.45) is 1.37. The molecule has 0 aliphatic carbocycles. The highest BCUT2D eigenvalue weighted by Gasteiger charge is 2.25. The Morgan fingerprint density at radius 1 is 1.40 bits per heavy atom. The summed E-state index contributed by atoms with van der Waals surface area (Å²) in [6, 6.07) is 0. The van der Waals surface area contributed by atoms with E-state index in [2.05, 4.69) is 12.2 Å². The first-order valence-electron chi connectivity index (χ1n) is 5.77. The predicted octanol–water partition coefficient (Wildman–Crippen LogP) is 0.622. The van der Waals surface area contributed by atoms with Crippen LogP contribution in [-0.4, -0.2) is 49.2 Å². The summed E-state index contributed by atoms with van der Waals surface area (Å²) in [5.74, 6) is 0.186. The minimum Gasteiger partial charge on any atom is -0.372 e. The molecule has 1 saturated heterocycles. The highest BCUT2D eigenvalue weighted by molar-refractivity contribution is 5.78. The normalized spacial score (nSPS) is 26.7. The Balaban J connectivity index is 2.31. The van der Waals surface area contributed by atoms with Crippen LogP contribution in [0.4, 0.5) is 0 Å². The van der Waals surface area contributed by atoms with Crippen LogP contribution in [0.25, 0.3) is 0 Å². The molecule has 2 atom stereocenters. The molecule has 1 aliphatic rings. The Morgan fingerprint density at radius 2 is 2.00 bits per heavy atom. The van der Waals surface area contributed by atoms with Gasteiger partial charge in [-0.3, -0.25) is 4.79 Å². The van der Waals surface area contributed by atoms with Crippen molar-refractivity contribution in [3.05, 3.63) is 0 Å². The van der Waals surface area contributed by atoms with Gasteiger partial charge in [-0.05, 0) is 26.8 Å². The number of carbonyl (C=O) groups excluding carboxylic acids is 1. The van der Waals surface area contributed by atoms with Crippen LogP contribution in [-0.2, 0) is 9.53 Å². The number of ether oxygens (including phenoxy) is 1. The van der Waals surface area contributed by atoms with Gasteiger partial charge in [-0.25, -0.2) is 0 Å². The first-order valence-corrected chi connectivity index (χ1v) is 5.77. The number of hydrogen-bond acceptors (Lipinski definition) is 3. The van der Waals surface area contributed by atoms with Crippen LogP contribution in [0.3, 0.4) is 0 Å². The van der Waals surface area contributed by atoms with Gasteiger partial charge >= 0.3 is 0 Å². The lowest BCUT2D eigenvalue weighted by Gasteiger charge is -2.35. The average molecular weight is 214 g/mol. The van der Waals surface area contributed by atoms with Gasteiger partial charge in [0.15, 0.2) is 0 Å². The number of carbonyl (C=O) groups is 1. The molecule has 1 N–H and O–H groups in total. The Hall–Kier alpha value is -0.610. The molecule has 4 heteroatoms. The van der Waals surface area contributed by atoms with Crippen molar-refractivity contribution in [2.75, 3.05) is 26.2 Å². The highest BCUT2D eigenvalue weighted by atomic mass is 16.5. The summed E-state index contributed by atoms with van der Waals surface area (Å²) in [6.45, 7) is 8.91. The molecule has 0 spiro atoms. The summed E-state index contributed by atoms with van der Waals surface area (Å²) in [5.41, 5.74) is 0. The Kier molecular flexibility index (Phi) is 5.05. The molecular weight excluding hydrogens is 192 g/mol. The average Bonchev–Trinajstić information content (AvgIpc) is 2.16. The van der Waals surface area contributed by atoms with Crippen molar-refractivity contribution in [1.29, 1.82) is 0 Å². The number of hydrogen-bond donors (Lipinski definition) is 1. The molecule has 1 fully saturated rings. The molecule has 88 valence electrons. The number of nitrogens with one attached hydrogen (secondary N) is 1. The number of amides is 1. The first kappa shape index (κ1) is 12.5. The van der Waals surface area contributed by atoms with Gasteiger partial charge in [-0.1, -0.05) is 6.92 Å². The minimum atomic E-state index is 0.156. The van der Waals surface area contributed by atoms with E-state index in [-0.39, 0.29) is 18.1 Å². The van der Waals surface area contributed by atoms with Crippen molar-refractivity contribution in [3.8, 4) is 0 Å². The quantitative estimate of drug-likeness (QED) is 0.698. The summed E-state index contributed by atoms with van der Waals surface area (Å²) < 4.78 is 5.58. The Bertz CT molecular complexity index is 199. The van der Waals surface area contributed by atoms with E-state index in [1.807, 2.05) is 18.7 Å². The standard InChI is InChI=1S/C11H22N2O2/c1-4-5-12-6-11(14)13-7-9(2)15-10(3)8-13/h9-10,12H,4-8H2,1-3H3. The number of morpholine rings is 1. The second-order valence-corrected chi connectivity index (χ2v) is 4.23. The molecular formula is C11H22N2O2. The SMILES string of the molecule is CCCNCC(=O)N1CC(C)OC(C)C1. The van der Waals surface area contributed by atoms with E-state index in [1.54, 1.807) is 0 Å². The van der Waals surface area contributed by atoms with E-state index >= 15 is 0 Å². The number of rotatable bonds is 4. The van der Waals surface area contributed by atoms with Crippen LogP contribution in [0.1, 0.15) is 27.2 Å². The van der Waals surface area contributed by atoms with Gasteiger partial charge in [-0.2, -0.15) is 0 Å². The lowest BCUT2D eigenvalue weighted by molar-refractivity contribution is -0.142. The molecule has 0 saturated carbocycles. The summed E-state index contributed by atoms with van der Waals surface area (Å²) in [7, 11) is 0. The molecule has 1 heterocycles. The Morgan fingerprint density at radius 3 is 2.53 bits per heavy atom. The molecule has 2 unspecified atom stereocenters. The van der Waals surface area contributed by atoms with Crippen LogP contribution in [0.15, 0.2) is 0 Å². The molecule has 4 nitrogen and oxygen atoms in total. The van der Waals surface area contributed by atoms with Crippen LogP contribution in [0, 0.1) is 0 Å². The van der Waals surface area contributed by atoms with E-state index in [0.717, 1.165) is 26.1 Å². The third kappa shape index (κ3) is 4.18. The number of nitrogens with zero attached hydrogens (tertiary/aromatic N) is 1. The van der Waals surface area contributed by atoms with Crippen molar-refractivity contribution >= 4 is 5.91 Å². The highest BCUT2D eigenvalue weighted by Crippen LogP contribution is 2.10. The first-order chi connectivity index (χ1) is 7.13. The third-order valence-corrected chi connectivity index (χ3v) is 2.48. The van der Waals surface area contributed by atoms with E-state index in [9.17, 15) is 4.79 Å². The minimum absolute atomic E-state index is 0.156. The van der Waals surface area contributed by atoms with E-state index in [4.69, 9.17) is 4.74 Å². The predicted molar refractivity (Wildman–Crippen MR) is 59.7 cm³/mol. The molecule has 0 aromatic rings. The second-order valence-electron chi connectivity index (χ2n) is 4.23. The maximum Gasteiger partial charge on any atom is 0.236 e. The molecule has 0 aromatic heterocycles. The third-order valence-electron chi connectivity index (χ3n) is 2.48. The van der Waals surface area contributed by atoms with E-state index in [0.29, 0.717) is 6.54 Å². The zero-order valence-corrected chi connectivity index (χ0v) is 9.95. The Labute approximate surface area is 92.0 Å². The van der Waals surface area contributed by atoms with Crippen molar-refractivity contribution in [1.82, 2.24) is 10.2 Å². The van der Waals surface area contributed by atoms with Crippen LogP contribution in [0.5, 0.6) is 0 Å². The van der Waals surface area contributed by atoms with Crippen LogP contribution >= 0.6 is 0 Å². The maximum absolute atomic E-state index is 11.8. The lowest BCUT2D eigenvalue weighted by Crippen LogP contribution is -2.50. The fraction of sp³-hybridized carbons (Fsp3) is 0.909. The largest absolute Gasteiger partial charge is 0.372 e. The van der Waals surface area contributed by atoms with Crippen LogP contribution < -0.4 is 5.32 Å². The zero-order valence-electron chi connectivity index (χ0n) is 9.95. The smallest absolute Gasteiger partial charge is 0.236 e. The van der Waals surface area contributed by atoms with Gasteiger partial charge in [0.1, 0.15) is 0 Å². The molecule has 15 heavy (non-hydrogen) atoms. The topological polar surface area (TPSA) is 41.6 Å². The van der Waals surface area contributed by atoms with Gasteiger partial charge in [0, 0.05) is 13.1 Å². The fourth-order valence-corrected chi connectivity index (χ4v) is 1.87. The summed E-state index contributed by atoms with van der Waals surface area (Å²) >= 11 is 0. The molecule has 0 aromatic carbocycles. The molecule has 1 rings (SSSR count). The van der Waals surface area contributed by atoms with Crippen LogP contribution in [0.2, 0.25) is 0 Å². The molecule has 0 bridgehead atoms. The van der Waals surface area contributed by atoms with Crippen molar-refractivity contribution in [3.63, 3.8) is 0 Å². The van der Waals surface area contributed by atoms with Gasteiger partial charge < -0.3 is 15.0 Å². The van der Waals surface area contributed by atoms with Crippen molar-refractivity contribution < 1.29 is 9.53 Å². The lowest BCUT2D eigenvalue weighted by atomic mass is 10.2. The second kappa shape index (κ2) is 6.08. The summed E-state index contributed by atoms with van der Waals surface area (Å²) in [4.78, 5) is 13.7. The van der Waals surface area contributed by atoms with Gasteiger partial charge in [0.2, 0.25) is 5.91 Å². The van der Waals surface area contributed by atoms with Gasteiger partial charge in [-0.15, -0.1) is 0 Å². The summed E-state index contributed by atoms with van der Waals surface area (Å²) in [5, 5.41) is 3.13. The molecule has 1 amide bonds. The van der Waals surface area contributed by atoms with Crippen molar-refractivity contribution in [2.45, 2.75) is 39.4 Å². The maximum atomic E-state index is 11.8. The van der Waals surface area contributed by atoms with Gasteiger partial charge in [0.05, 0.1) is 18.8 Å². The molecule has 1 aliphatic heterocycles. The fourth-order valence-electron chi connectivity index (χ4n) is 1.87. The monoisotopic (exact) mass is 214 g/mol.